The average molecular weight is 455 g/mol. The fourth-order valence-electron chi connectivity index (χ4n) is 3.44. The van der Waals surface area contributed by atoms with Crippen molar-refractivity contribution in [2.45, 2.75) is 37.7 Å². The second kappa shape index (κ2) is 8.59. The average Bonchev–Trinajstić information content (AvgIpc) is 3.09. The largest absolute Gasteiger partial charge is 0.444 e. The number of hydrogen-bond donors (Lipinski definition) is 0. The second-order valence-corrected chi connectivity index (χ2v) is 11.0. The van der Waals surface area contributed by atoms with Crippen LogP contribution in [0.25, 0.3) is 0 Å². The van der Waals surface area contributed by atoms with Crippen LogP contribution in [0.2, 0.25) is 5.02 Å². The number of ether oxygens (including phenoxy) is 1. The van der Waals surface area contributed by atoms with E-state index in [1.165, 1.54) is 29.7 Å². The standard InChI is InChI=1S/C21H27ClN2O5S/c1-21(2,3)29-20(26)23-10-8-16(14-23)19(25)24-12-15(13-24)9-11-30(27,28)18-6-4-17(22)5-7-18/h4-7,9,11,15-16H,8,10,12-14H2,1-3H3/b11-9+/t16-/m0/s1. The van der Waals surface area contributed by atoms with Crippen LogP contribution in [0.15, 0.2) is 40.6 Å². The molecule has 7 nitrogen and oxygen atoms in total. The van der Waals surface area contributed by atoms with Crippen LogP contribution < -0.4 is 0 Å². The van der Waals surface area contributed by atoms with Gasteiger partial charge in [0.15, 0.2) is 9.84 Å². The van der Waals surface area contributed by atoms with Crippen molar-refractivity contribution in [2.75, 3.05) is 26.2 Å². The van der Waals surface area contributed by atoms with Crippen molar-refractivity contribution in [3.05, 3.63) is 40.8 Å². The van der Waals surface area contributed by atoms with Gasteiger partial charge in [0, 0.05) is 42.5 Å². The molecule has 0 spiro atoms. The molecule has 0 bridgehead atoms. The number of rotatable bonds is 4. The summed E-state index contributed by atoms with van der Waals surface area (Å²) in [5.41, 5.74) is -0.567. The van der Waals surface area contributed by atoms with E-state index in [9.17, 15) is 18.0 Å². The Bertz CT molecular complexity index is 931. The number of carbonyl (C=O) groups excluding carboxylic acids is 2. The summed E-state index contributed by atoms with van der Waals surface area (Å²) in [6, 6.07) is 6.01. The number of sulfone groups is 1. The van der Waals surface area contributed by atoms with E-state index in [-0.39, 0.29) is 22.6 Å². The van der Waals surface area contributed by atoms with Crippen molar-refractivity contribution in [1.82, 2.24) is 9.80 Å². The third kappa shape index (κ3) is 5.55. The van der Waals surface area contributed by atoms with Gasteiger partial charge in [-0.25, -0.2) is 13.2 Å². The molecule has 2 heterocycles. The highest BCUT2D eigenvalue weighted by atomic mass is 35.5. The van der Waals surface area contributed by atoms with Crippen LogP contribution in [0, 0.1) is 11.8 Å². The number of likely N-dealkylation sites (tertiary alicyclic amines) is 2. The molecule has 0 saturated carbocycles. The molecule has 1 aromatic carbocycles. The second-order valence-electron chi connectivity index (χ2n) is 8.74. The molecule has 0 N–H and O–H groups in total. The highest BCUT2D eigenvalue weighted by Gasteiger charge is 2.38. The lowest BCUT2D eigenvalue weighted by molar-refractivity contribution is -0.140. The molecule has 1 atom stereocenters. The molecule has 30 heavy (non-hydrogen) atoms. The van der Waals surface area contributed by atoms with Gasteiger partial charge in [0.05, 0.1) is 10.8 Å². The van der Waals surface area contributed by atoms with E-state index < -0.39 is 21.5 Å². The van der Waals surface area contributed by atoms with Crippen LogP contribution in [-0.2, 0) is 19.4 Å². The summed E-state index contributed by atoms with van der Waals surface area (Å²) in [5, 5.41) is 1.67. The van der Waals surface area contributed by atoms with Crippen LogP contribution in [0.4, 0.5) is 4.79 Å². The molecular weight excluding hydrogens is 428 g/mol. The lowest BCUT2D eigenvalue weighted by Gasteiger charge is -2.39. The fraction of sp³-hybridized carbons (Fsp3) is 0.524. The monoisotopic (exact) mass is 454 g/mol. The van der Waals surface area contributed by atoms with Gasteiger partial charge in [0.1, 0.15) is 5.60 Å². The summed E-state index contributed by atoms with van der Waals surface area (Å²) >= 11 is 5.80. The number of benzene rings is 1. The maximum Gasteiger partial charge on any atom is 0.410 e. The summed E-state index contributed by atoms with van der Waals surface area (Å²) in [5.74, 6) is -0.231. The normalized spacial score (nSPS) is 20.5. The molecule has 2 aliphatic rings. The highest BCUT2D eigenvalue weighted by molar-refractivity contribution is 7.94. The molecule has 3 rings (SSSR count). The van der Waals surface area contributed by atoms with Crippen molar-refractivity contribution in [3.63, 3.8) is 0 Å². The van der Waals surface area contributed by atoms with Gasteiger partial charge >= 0.3 is 6.09 Å². The van der Waals surface area contributed by atoms with Crippen molar-refractivity contribution in [2.24, 2.45) is 11.8 Å². The zero-order valence-electron chi connectivity index (χ0n) is 17.4. The van der Waals surface area contributed by atoms with E-state index in [1.807, 2.05) is 20.8 Å². The molecule has 164 valence electrons. The Balaban J connectivity index is 1.48. The third-order valence-electron chi connectivity index (χ3n) is 5.08. The van der Waals surface area contributed by atoms with Gasteiger partial charge in [-0.15, -0.1) is 0 Å². The van der Waals surface area contributed by atoms with Crippen LogP contribution >= 0.6 is 11.6 Å². The molecule has 2 amide bonds. The first-order chi connectivity index (χ1) is 13.9. The number of carbonyl (C=O) groups is 2. The SMILES string of the molecule is CC(C)(C)OC(=O)N1CC[C@H](C(=O)N2CC(/C=C/S(=O)(=O)c3ccc(Cl)cc3)C2)C1. The maximum atomic E-state index is 12.7. The van der Waals surface area contributed by atoms with Gasteiger partial charge in [0.2, 0.25) is 5.91 Å². The first-order valence-corrected chi connectivity index (χ1v) is 11.8. The Morgan fingerprint density at radius 2 is 1.73 bits per heavy atom. The Morgan fingerprint density at radius 3 is 2.33 bits per heavy atom. The van der Waals surface area contributed by atoms with Crippen LogP contribution in [-0.4, -0.2) is 62.0 Å². The first kappa shape index (κ1) is 22.6. The molecule has 9 heteroatoms. The molecule has 0 aromatic heterocycles. The van der Waals surface area contributed by atoms with Gasteiger partial charge < -0.3 is 14.5 Å². The molecule has 0 unspecified atom stereocenters. The molecule has 2 fully saturated rings. The molecule has 0 aliphatic carbocycles. The first-order valence-electron chi connectivity index (χ1n) is 9.90. The smallest absolute Gasteiger partial charge is 0.410 e. The summed E-state index contributed by atoms with van der Waals surface area (Å²) in [4.78, 5) is 28.3. The minimum absolute atomic E-state index is 0.000567. The van der Waals surface area contributed by atoms with E-state index in [1.54, 1.807) is 15.9 Å². The van der Waals surface area contributed by atoms with Gasteiger partial charge in [-0.3, -0.25) is 4.79 Å². The van der Waals surface area contributed by atoms with Gasteiger partial charge in [-0.1, -0.05) is 17.7 Å². The van der Waals surface area contributed by atoms with Crippen LogP contribution in [0.1, 0.15) is 27.2 Å². The van der Waals surface area contributed by atoms with Crippen molar-refractivity contribution in [1.29, 1.82) is 0 Å². The Kier molecular flexibility index (Phi) is 6.48. The predicted octanol–water partition coefficient (Wildman–Crippen LogP) is 3.34. The number of amides is 2. The van der Waals surface area contributed by atoms with E-state index in [2.05, 4.69) is 0 Å². The maximum absolute atomic E-state index is 12.7. The third-order valence-corrected chi connectivity index (χ3v) is 6.78. The molecule has 2 aliphatic heterocycles. The molecule has 1 aromatic rings. The Hall–Kier alpha value is -2.06. The topological polar surface area (TPSA) is 84.0 Å². The zero-order chi connectivity index (χ0) is 22.1. The summed E-state index contributed by atoms with van der Waals surface area (Å²) in [6.45, 7) is 7.25. The van der Waals surface area contributed by atoms with Crippen molar-refractivity contribution < 1.29 is 22.7 Å². The van der Waals surface area contributed by atoms with E-state index in [4.69, 9.17) is 16.3 Å². The van der Waals surface area contributed by atoms with Gasteiger partial charge in [-0.2, -0.15) is 0 Å². The quantitative estimate of drug-likeness (QED) is 0.696. The Morgan fingerprint density at radius 1 is 1.10 bits per heavy atom. The van der Waals surface area contributed by atoms with Crippen LogP contribution in [0.3, 0.4) is 0 Å². The van der Waals surface area contributed by atoms with Crippen molar-refractivity contribution in [3.8, 4) is 0 Å². The van der Waals surface area contributed by atoms with E-state index in [0.29, 0.717) is 37.6 Å². The van der Waals surface area contributed by atoms with Gasteiger partial charge in [-0.05, 0) is 51.5 Å². The lowest BCUT2D eigenvalue weighted by atomic mass is 9.97. The lowest BCUT2D eigenvalue weighted by Crippen LogP contribution is -2.51. The molecule has 2 saturated heterocycles. The van der Waals surface area contributed by atoms with E-state index in [0.717, 1.165) is 0 Å². The summed E-state index contributed by atoms with van der Waals surface area (Å²) < 4.78 is 30.1. The summed E-state index contributed by atoms with van der Waals surface area (Å²) in [7, 11) is -3.53. The van der Waals surface area contributed by atoms with Gasteiger partial charge in [0.25, 0.3) is 0 Å². The zero-order valence-corrected chi connectivity index (χ0v) is 18.9. The minimum Gasteiger partial charge on any atom is -0.444 e. The predicted molar refractivity (Wildman–Crippen MR) is 114 cm³/mol. The number of halogens is 1. The molecule has 0 radical (unpaired) electrons. The number of nitrogens with zero attached hydrogens (tertiary/aromatic N) is 2. The molecular formula is C21H27ClN2O5S. The highest BCUT2D eigenvalue weighted by Crippen LogP contribution is 2.26. The fourth-order valence-corrected chi connectivity index (χ4v) is 4.67. The Labute approximate surface area is 182 Å². The summed E-state index contributed by atoms with van der Waals surface area (Å²) in [6.07, 6.45) is 1.85. The van der Waals surface area contributed by atoms with Crippen molar-refractivity contribution >= 4 is 33.4 Å². The minimum atomic E-state index is -3.53. The number of hydrogen-bond acceptors (Lipinski definition) is 5. The van der Waals surface area contributed by atoms with Crippen LogP contribution in [0.5, 0.6) is 0 Å². The van der Waals surface area contributed by atoms with E-state index >= 15 is 0 Å².